The quantitative estimate of drug-likeness (QED) is 0.0830. The molecular weight excluding hydrogens is 495 g/mol. The number of halogens is 3. The second kappa shape index (κ2) is 8.81. The van der Waals surface area contributed by atoms with Crippen molar-refractivity contribution >= 4 is 44.5 Å². The van der Waals surface area contributed by atoms with E-state index in [-0.39, 0.29) is 29.4 Å². The smallest absolute Gasteiger partial charge is 0.251 e. The average molecular weight is 513 g/mol. The van der Waals surface area contributed by atoms with Gasteiger partial charge in [0.2, 0.25) is 0 Å². The number of fused-ring (bicyclic) bond motifs is 8. The van der Waals surface area contributed by atoms with Crippen LogP contribution >= 0.6 is 0 Å². The summed E-state index contributed by atoms with van der Waals surface area (Å²) in [5.74, 6) is -2.71. The Morgan fingerprint density at radius 3 is 2.32 bits per heavy atom. The lowest BCUT2D eigenvalue weighted by Crippen LogP contribution is -2.23. The van der Waals surface area contributed by atoms with Crippen LogP contribution in [0.1, 0.15) is 21.5 Å². The van der Waals surface area contributed by atoms with Crippen molar-refractivity contribution in [2.45, 2.75) is 6.54 Å². The molecule has 4 N–H and O–H groups in total. The van der Waals surface area contributed by atoms with Crippen molar-refractivity contribution in [3.63, 3.8) is 0 Å². The van der Waals surface area contributed by atoms with Gasteiger partial charge in [-0.2, -0.15) is 0 Å². The minimum atomic E-state index is -0.676. The molecule has 0 spiro atoms. The van der Waals surface area contributed by atoms with Crippen molar-refractivity contribution in [1.29, 1.82) is 0 Å². The normalized spacial score (nSPS) is 12.1. The van der Waals surface area contributed by atoms with Gasteiger partial charge in [-0.05, 0) is 65.7 Å². The predicted octanol–water partition coefficient (Wildman–Crippen LogP) is 6.29. The largest absolute Gasteiger partial charge is 0.455 e. The van der Waals surface area contributed by atoms with Crippen LogP contribution in [0.2, 0.25) is 0 Å². The van der Waals surface area contributed by atoms with Crippen molar-refractivity contribution < 1.29 is 27.6 Å². The standard InChI is InChI=1S/C29H18F3N3O3/c30-17-4-8-18(25(32)12-17)15-2-6-19-22(10-15)27-23-11-16(3-7-20(23)26(19)38-27)29(36)34-13-14-1-5-21(24(31)9-14)28(33)35-37/h1-12,37H,13H2,(H2,33,35)(H,34,36). The average Bonchev–Trinajstić information content (AvgIpc) is 3.48. The summed E-state index contributed by atoms with van der Waals surface area (Å²) in [5.41, 5.74) is 8.33. The maximum absolute atomic E-state index is 14.4. The zero-order valence-electron chi connectivity index (χ0n) is 19.6. The number of hydrogen-bond acceptors (Lipinski definition) is 4. The minimum absolute atomic E-state index is 0.0450. The molecule has 0 atom stereocenters. The zero-order chi connectivity index (χ0) is 26.6. The molecule has 9 heteroatoms. The van der Waals surface area contributed by atoms with E-state index in [1.165, 1.54) is 24.3 Å². The second-order valence-corrected chi connectivity index (χ2v) is 8.89. The first-order valence-corrected chi connectivity index (χ1v) is 11.6. The topological polar surface area (TPSA) is 101 Å². The van der Waals surface area contributed by atoms with E-state index in [0.29, 0.717) is 27.9 Å². The Labute approximate surface area is 213 Å². The van der Waals surface area contributed by atoms with Crippen LogP contribution in [0.25, 0.3) is 43.8 Å². The van der Waals surface area contributed by atoms with Gasteiger partial charge < -0.3 is 20.7 Å². The number of furan rings is 2. The predicted molar refractivity (Wildman–Crippen MR) is 138 cm³/mol. The molecule has 6 rings (SSSR count). The molecule has 6 nitrogen and oxygen atoms in total. The van der Waals surface area contributed by atoms with Crippen LogP contribution in [0.5, 0.6) is 0 Å². The Kier molecular flexibility index (Phi) is 5.41. The summed E-state index contributed by atoms with van der Waals surface area (Å²) in [6.45, 7) is 0.0587. The van der Waals surface area contributed by atoms with Crippen LogP contribution in [0, 0.1) is 17.5 Å². The molecule has 2 bridgehead atoms. The third-order valence-corrected chi connectivity index (χ3v) is 6.60. The Bertz CT molecular complexity index is 1910. The van der Waals surface area contributed by atoms with E-state index in [0.717, 1.165) is 27.6 Å². The maximum Gasteiger partial charge on any atom is 0.251 e. The maximum atomic E-state index is 14.4. The molecule has 38 heavy (non-hydrogen) atoms. The lowest BCUT2D eigenvalue weighted by molar-refractivity contribution is 0.0951. The molecule has 2 aromatic heterocycles. The van der Waals surface area contributed by atoms with Crippen molar-refractivity contribution in [2.75, 3.05) is 0 Å². The third-order valence-electron chi connectivity index (χ3n) is 6.60. The van der Waals surface area contributed by atoms with Crippen LogP contribution in [0.4, 0.5) is 13.2 Å². The molecule has 0 aliphatic heterocycles. The van der Waals surface area contributed by atoms with Crippen molar-refractivity contribution in [3.8, 4) is 11.1 Å². The third kappa shape index (κ3) is 3.76. The molecule has 1 amide bonds. The van der Waals surface area contributed by atoms with E-state index in [9.17, 15) is 18.0 Å². The number of hydrogen-bond donors (Lipinski definition) is 3. The van der Waals surface area contributed by atoms with Crippen LogP contribution in [0.3, 0.4) is 0 Å². The van der Waals surface area contributed by atoms with Crippen molar-refractivity contribution in [2.24, 2.45) is 10.9 Å². The monoisotopic (exact) mass is 513 g/mol. The summed E-state index contributed by atoms with van der Waals surface area (Å²) in [5, 5.41) is 17.5. The SMILES string of the molecule is N/C(=N/O)c1ccc(CNC(=O)c2ccc3c(c2)c2oc3c3ccc(-c4ccc(F)cc4F)cc32)cc1F. The molecule has 0 saturated carbocycles. The van der Waals surface area contributed by atoms with E-state index < -0.39 is 17.5 Å². The van der Waals surface area contributed by atoms with E-state index in [1.807, 2.05) is 6.07 Å². The molecule has 2 heterocycles. The Morgan fingerprint density at radius 1 is 0.842 bits per heavy atom. The fourth-order valence-corrected chi connectivity index (χ4v) is 4.72. The van der Waals surface area contributed by atoms with Gasteiger partial charge in [-0.3, -0.25) is 4.79 Å². The lowest BCUT2D eigenvalue weighted by Gasteiger charge is -2.08. The first-order chi connectivity index (χ1) is 18.3. The van der Waals surface area contributed by atoms with E-state index in [1.54, 1.807) is 36.4 Å². The molecular formula is C29H18F3N3O3. The number of nitrogens with two attached hydrogens (primary N) is 1. The van der Waals surface area contributed by atoms with Crippen LogP contribution < -0.4 is 11.1 Å². The molecule has 0 saturated heterocycles. The summed E-state index contributed by atoms with van der Waals surface area (Å²) >= 11 is 0. The van der Waals surface area contributed by atoms with Crippen LogP contribution in [-0.4, -0.2) is 17.0 Å². The molecule has 0 radical (unpaired) electrons. The van der Waals surface area contributed by atoms with Gasteiger partial charge in [-0.25, -0.2) is 13.2 Å². The summed E-state index contributed by atoms with van der Waals surface area (Å²) in [7, 11) is 0. The first-order valence-electron chi connectivity index (χ1n) is 11.6. The molecule has 188 valence electrons. The number of amidine groups is 1. The zero-order valence-corrected chi connectivity index (χ0v) is 19.6. The number of benzene rings is 5. The second-order valence-electron chi connectivity index (χ2n) is 8.89. The Balaban J connectivity index is 1.30. The summed E-state index contributed by atoms with van der Waals surface area (Å²) in [6.07, 6.45) is 0. The van der Waals surface area contributed by atoms with Gasteiger partial charge in [-0.1, -0.05) is 17.3 Å². The highest BCUT2D eigenvalue weighted by Crippen LogP contribution is 2.42. The van der Waals surface area contributed by atoms with Gasteiger partial charge in [0.25, 0.3) is 5.91 Å². The number of nitrogens with one attached hydrogen (secondary N) is 1. The number of carbonyl (C=O) groups excluding carboxylic acids is 1. The van der Waals surface area contributed by atoms with Crippen LogP contribution in [0.15, 0.2) is 82.4 Å². The van der Waals surface area contributed by atoms with Crippen molar-refractivity contribution in [3.05, 3.63) is 107 Å². The molecule has 0 unspecified atom stereocenters. The number of nitrogens with zero attached hydrogens (tertiary/aromatic N) is 1. The van der Waals surface area contributed by atoms with Gasteiger partial charge >= 0.3 is 0 Å². The highest BCUT2D eigenvalue weighted by Gasteiger charge is 2.20. The molecule has 0 aliphatic carbocycles. The van der Waals surface area contributed by atoms with Crippen LogP contribution in [-0.2, 0) is 6.54 Å². The minimum Gasteiger partial charge on any atom is -0.455 e. The molecule has 6 aromatic rings. The first kappa shape index (κ1) is 23.4. The fourth-order valence-electron chi connectivity index (χ4n) is 4.72. The van der Waals surface area contributed by atoms with E-state index >= 15 is 0 Å². The molecule has 0 aliphatic rings. The highest BCUT2D eigenvalue weighted by molar-refractivity contribution is 6.26. The van der Waals surface area contributed by atoms with Gasteiger partial charge in [0.15, 0.2) is 5.84 Å². The summed E-state index contributed by atoms with van der Waals surface area (Å²) in [4.78, 5) is 12.9. The number of rotatable bonds is 5. The Hall–Kier alpha value is -5.05. The summed E-state index contributed by atoms with van der Waals surface area (Å²) < 4.78 is 48.0. The molecule has 4 aromatic carbocycles. The number of carbonyl (C=O) groups is 1. The van der Waals surface area contributed by atoms with Gasteiger partial charge in [0.1, 0.15) is 28.6 Å². The number of amides is 1. The highest BCUT2D eigenvalue weighted by atomic mass is 19.1. The van der Waals surface area contributed by atoms with Gasteiger partial charge in [-0.15, -0.1) is 0 Å². The number of oxime groups is 1. The summed E-state index contributed by atoms with van der Waals surface area (Å²) in [6, 6.07) is 18.1. The lowest BCUT2D eigenvalue weighted by atomic mass is 9.97. The fraction of sp³-hybridized carbons (Fsp3) is 0.0345. The molecule has 0 fully saturated rings. The van der Waals surface area contributed by atoms with Gasteiger partial charge in [0, 0.05) is 45.3 Å². The Morgan fingerprint density at radius 2 is 1.58 bits per heavy atom. The van der Waals surface area contributed by atoms with Gasteiger partial charge in [0.05, 0.1) is 5.56 Å². The van der Waals surface area contributed by atoms with E-state index in [2.05, 4.69) is 10.5 Å². The van der Waals surface area contributed by atoms with Crippen molar-refractivity contribution in [1.82, 2.24) is 5.32 Å². The van der Waals surface area contributed by atoms with E-state index in [4.69, 9.17) is 15.4 Å².